The van der Waals surface area contributed by atoms with Crippen LogP contribution in [0.4, 0.5) is 11.4 Å². The van der Waals surface area contributed by atoms with Crippen LogP contribution in [0.3, 0.4) is 0 Å². The van der Waals surface area contributed by atoms with Crippen molar-refractivity contribution in [2.24, 2.45) is 0 Å². The lowest BCUT2D eigenvalue weighted by atomic mass is 10.2. The summed E-state index contributed by atoms with van der Waals surface area (Å²) in [5.41, 5.74) is 1.50. The van der Waals surface area contributed by atoms with Gasteiger partial charge in [-0.15, -0.1) is 0 Å². The van der Waals surface area contributed by atoms with E-state index in [-0.39, 0.29) is 12.5 Å². The van der Waals surface area contributed by atoms with E-state index in [1.807, 2.05) is 6.07 Å². The second kappa shape index (κ2) is 11.0. The molecule has 0 aromatic heterocycles. The summed E-state index contributed by atoms with van der Waals surface area (Å²) in [5.74, 6) is -0.619. The highest BCUT2D eigenvalue weighted by atomic mass is 35.5. The minimum absolute atomic E-state index is 0.274. The average Bonchev–Trinajstić information content (AvgIpc) is 2.83. The van der Waals surface area contributed by atoms with Gasteiger partial charge in [-0.05, 0) is 30.3 Å². The molecule has 0 atom stereocenters. The highest BCUT2D eigenvalue weighted by Gasteiger charge is 2.17. The summed E-state index contributed by atoms with van der Waals surface area (Å²) in [4.78, 5) is 37.1. The van der Waals surface area contributed by atoms with Crippen molar-refractivity contribution in [2.45, 2.75) is 0 Å². The van der Waals surface area contributed by atoms with Crippen molar-refractivity contribution in [3.05, 3.63) is 82.9 Å². The number of nitrogens with one attached hydrogen (secondary N) is 3. The van der Waals surface area contributed by atoms with Gasteiger partial charge in [0.05, 0.1) is 32.1 Å². The van der Waals surface area contributed by atoms with Crippen molar-refractivity contribution in [3.8, 4) is 11.5 Å². The van der Waals surface area contributed by atoms with Gasteiger partial charge in [0.1, 0.15) is 11.5 Å². The molecule has 0 radical (unpaired) electrons. The van der Waals surface area contributed by atoms with Gasteiger partial charge in [-0.3, -0.25) is 14.4 Å². The summed E-state index contributed by atoms with van der Waals surface area (Å²) in [6.45, 7) is -0.274. The van der Waals surface area contributed by atoms with Crippen LogP contribution in [-0.4, -0.2) is 38.5 Å². The number of carbonyl (C=O) groups is 3. The molecule has 3 rings (SSSR count). The molecule has 0 heterocycles. The molecule has 0 spiro atoms. The van der Waals surface area contributed by atoms with Gasteiger partial charge in [-0.1, -0.05) is 35.9 Å². The van der Waals surface area contributed by atoms with Gasteiger partial charge < -0.3 is 25.4 Å². The van der Waals surface area contributed by atoms with E-state index in [0.29, 0.717) is 39.0 Å². The first-order valence-electron chi connectivity index (χ1n) is 9.87. The van der Waals surface area contributed by atoms with Crippen molar-refractivity contribution >= 4 is 40.7 Å². The number of methoxy groups -OCH3 is 2. The highest BCUT2D eigenvalue weighted by Crippen LogP contribution is 2.36. The van der Waals surface area contributed by atoms with Crippen LogP contribution in [0.1, 0.15) is 20.7 Å². The highest BCUT2D eigenvalue weighted by molar-refractivity contribution is 6.31. The lowest BCUT2D eigenvalue weighted by Gasteiger charge is -2.16. The summed E-state index contributed by atoms with van der Waals surface area (Å²) in [5, 5.41) is 8.39. The average molecular weight is 468 g/mol. The van der Waals surface area contributed by atoms with Crippen molar-refractivity contribution in [1.29, 1.82) is 0 Å². The molecule has 3 amide bonds. The Morgan fingerprint density at radius 1 is 0.758 bits per heavy atom. The zero-order valence-electron chi connectivity index (χ0n) is 18.0. The monoisotopic (exact) mass is 467 g/mol. The molecule has 0 bridgehead atoms. The third-order valence-corrected chi connectivity index (χ3v) is 4.81. The molecule has 8 nitrogen and oxygen atoms in total. The fraction of sp³-hybridized carbons (Fsp3) is 0.125. The molecule has 0 unspecified atom stereocenters. The molecule has 3 aromatic rings. The third-order valence-electron chi connectivity index (χ3n) is 4.58. The van der Waals surface area contributed by atoms with Crippen LogP contribution in [0.25, 0.3) is 0 Å². The van der Waals surface area contributed by atoms with Crippen molar-refractivity contribution in [2.75, 3.05) is 31.4 Å². The fourth-order valence-corrected chi connectivity index (χ4v) is 3.15. The summed E-state index contributed by atoms with van der Waals surface area (Å²) < 4.78 is 10.7. The van der Waals surface area contributed by atoms with Crippen LogP contribution >= 0.6 is 11.6 Å². The number of amides is 3. The van der Waals surface area contributed by atoms with Gasteiger partial charge in [0.2, 0.25) is 5.91 Å². The van der Waals surface area contributed by atoms with Gasteiger partial charge >= 0.3 is 0 Å². The van der Waals surface area contributed by atoms with Crippen LogP contribution in [0, 0.1) is 0 Å². The van der Waals surface area contributed by atoms with E-state index < -0.39 is 11.8 Å². The Morgan fingerprint density at radius 3 is 1.97 bits per heavy atom. The number of anilines is 2. The van der Waals surface area contributed by atoms with Crippen molar-refractivity contribution < 1.29 is 23.9 Å². The molecule has 9 heteroatoms. The molecule has 0 aliphatic carbocycles. The number of ether oxygens (including phenoxy) is 2. The first-order chi connectivity index (χ1) is 15.9. The van der Waals surface area contributed by atoms with E-state index >= 15 is 0 Å². The molecule has 0 saturated heterocycles. The number of carbonyl (C=O) groups excluding carboxylic acids is 3. The summed E-state index contributed by atoms with van der Waals surface area (Å²) in [6.07, 6.45) is 0. The van der Waals surface area contributed by atoms with Gasteiger partial charge in [0, 0.05) is 28.3 Å². The van der Waals surface area contributed by atoms with E-state index in [1.165, 1.54) is 26.4 Å². The quantitative estimate of drug-likeness (QED) is 0.464. The Balaban J connectivity index is 1.70. The van der Waals surface area contributed by atoms with E-state index in [0.717, 1.165) is 0 Å². The second-order valence-corrected chi connectivity index (χ2v) is 7.25. The zero-order valence-corrected chi connectivity index (χ0v) is 18.7. The maximum atomic E-state index is 12.5. The van der Waals surface area contributed by atoms with E-state index in [1.54, 1.807) is 48.5 Å². The standard InChI is InChI=1S/C24H22ClN3O5/c1-32-20-13-19(28-24(31)15-7-4-3-5-8-15)21(33-2)12-18(20)27-22(29)14-26-23(30)16-9-6-10-17(25)11-16/h3-13H,14H2,1-2H3,(H,26,30)(H,27,29)(H,28,31). The molecule has 0 fully saturated rings. The molecule has 170 valence electrons. The lowest BCUT2D eigenvalue weighted by Crippen LogP contribution is -2.32. The normalized spacial score (nSPS) is 10.2. The molecular weight excluding hydrogens is 446 g/mol. The largest absolute Gasteiger partial charge is 0.494 e. The van der Waals surface area contributed by atoms with Crippen LogP contribution in [0.5, 0.6) is 11.5 Å². The predicted octanol–water partition coefficient (Wildman–Crippen LogP) is 3.98. The lowest BCUT2D eigenvalue weighted by molar-refractivity contribution is -0.115. The van der Waals surface area contributed by atoms with Gasteiger partial charge in [-0.2, -0.15) is 0 Å². The zero-order chi connectivity index (χ0) is 23.8. The maximum Gasteiger partial charge on any atom is 0.255 e. The van der Waals surface area contributed by atoms with Crippen LogP contribution in [0.2, 0.25) is 5.02 Å². The van der Waals surface area contributed by atoms with Crippen LogP contribution in [-0.2, 0) is 4.79 Å². The Kier molecular flexibility index (Phi) is 7.88. The smallest absolute Gasteiger partial charge is 0.255 e. The number of benzene rings is 3. The molecular formula is C24H22ClN3O5. The minimum Gasteiger partial charge on any atom is -0.494 e. The van der Waals surface area contributed by atoms with Gasteiger partial charge in [-0.25, -0.2) is 0 Å². The van der Waals surface area contributed by atoms with Gasteiger partial charge in [0.15, 0.2) is 0 Å². The molecule has 0 saturated carbocycles. The Hall–Kier alpha value is -4.04. The third kappa shape index (κ3) is 6.24. The van der Waals surface area contributed by atoms with Crippen molar-refractivity contribution in [1.82, 2.24) is 5.32 Å². The molecule has 0 aliphatic rings. The number of hydrogen-bond acceptors (Lipinski definition) is 5. The molecule has 3 aromatic carbocycles. The predicted molar refractivity (Wildman–Crippen MR) is 126 cm³/mol. The second-order valence-electron chi connectivity index (χ2n) is 6.81. The number of rotatable bonds is 8. The Bertz CT molecular complexity index is 1170. The fourth-order valence-electron chi connectivity index (χ4n) is 2.96. The Morgan fingerprint density at radius 2 is 1.36 bits per heavy atom. The minimum atomic E-state index is -0.480. The Labute approximate surface area is 195 Å². The van der Waals surface area contributed by atoms with Crippen LogP contribution in [0.15, 0.2) is 66.7 Å². The van der Waals surface area contributed by atoms with E-state index in [4.69, 9.17) is 21.1 Å². The number of halogens is 1. The van der Waals surface area contributed by atoms with E-state index in [2.05, 4.69) is 16.0 Å². The SMILES string of the molecule is COc1cc(NC(=O)c2ccccc2)c(OC)cc1NC(=O)CNC(=O)c1cccc(Cl)c1. The van der Waals surface area contributed by atoms with Crippen molar-refractivity contribution in [3.63, 3.8) is 0 Å². The molecule has 33 heavy (non-hydrogen) atoms. The van der Waals surface area contributed by atoms with Crippen LogP contribution < -0.4 is 25.4 Å². The van der Waals surface area contributed by atoms with E-state index in [9.17, 15) is 14.4 Å². The summed E-state index contributed by atoms with van der Waals surface area (Å²) in [7, 11) is 2.87. The summed E-state index contributed by atoms with van der Waals surface area (Å²) in [6, 6.07) is 18.2. The van der Waals surface area contributed by atoms with Gasteiger partial charge in [0.25, 0.3) is 11.8 Å². The first-order valence-corrected chi connectivity index (χ1v) is 10.2. The molecule has 3 N–H and O–H groups in total. The topological polar surface area (TPSA) is 106 Å². The summed E-state index contributed by atoms with van der Waals surface area (Å²) >= 11 is 5.89. The maximum absolute atomic E-state index is 12.5. The number of hydrogen-bond donors (Lipinski definition) is 3. The molecule has 0 aliphatic heterocycles. The first kappa shape index (κ1) is 23.6.